The summed E-state index contributed by atoms with van der Waals surface area (Å²) in [5.74, 6) is -0.0161. The topological polar surface area (TPSA) is 78.5 Å². The molecule has 146 valence electrons. The molecule has 1 aromatic rings. The lowest BCUT2D eigenvalue weighted by molar-refractivity contribution is 0.0642. The second-order valence-corrected chi connectivity index (χ2v) is 8.65. The van der Waals surface area contributed by atoms with Gasteiger partial charge < -0.3 is 10.2 Å². The smallest absolute Gasteiger partial charge is 0.254 e. The molecule has 1 heterocycles. The standard InChI is InChI=1S/C19H31N3O3S/c1-4-14-22(17-10-12-20-13-11-17)19(23)16-6-8-18(9-7-16)26(24,25)21-15(3)5-2/h6-9,15,17,20-21H,4-5,10-14H2,1-3H3. The van der Waals surface area contributed by atoms with E-state index in [1.807, 2.05) is 18.7 Å². The minimum Gasteiger partial charge on any atom is -0.336 e. The van der Waals surface area contributed by atoms with E-state index < -0.39 is 10.0 Å². The lowest BCUT2D eigenvalue weighted by Gasteiger charge is -2.34. The SMILES string of the molecule is CCCN(C(=O)c1ccc(S(=O)(=O)NC(C)CC)cc1)C1CCNCC1. The van der Waals surface area contributed by atoms with Gasteiger partial charge in [0, 0.05) is 24.2 Å². The van der Waals surface area contributed by atoms with Crippen molar-refractivity contribution in [3.8, 4) is 0 Å². The first-order valence-electron chi connectivity index (χ1n) is 9.53. The van der Waals surface area contributed by atoms with Crippen molar-refractivity contribution in [1.82, 2.24) is 14.9 Å². The molecule has 1 aliphatic rings. The fourth-order valence-corrected chi connectivity index (χ4v) is 4.49. The van der Waals surface area contributed by atoms with Gasteiger partial charge in [0.2, 0.25) is 10.0 Å². The molecule has 1 saturated heterocycles. The van der Waals surface area contributed by atoms with Gasteiger partial charge in [-0.25, -0.2) is 13.1 Å². The van der Waals surface area contributed by atoms with E-state index in [0.29, 0.717) is 5.56 Å². The summed E-state index contributed by atoms with van der Waals surface area (Å²) in [5, 5.41) is 3.32. The third-order valence-corrected chi connectivity index (χ3v) is 6.46. The number of benzene rings is 1. The number of hydrogen-bond donors (Lipinski definition) is 2. The summed E-state index contributed by atoms with van der Waals surface area (Å²) in [6, 6.07) is 6.41. The Morgan fingerprint density at radius 1 is 1.23 bits per heavy atom. The van der Waals surface area contributed by atoms with Gasteiger partial charge >= 0.3 is 0 Å². The largest absolute Gasteiger partial charge is 0.336 e. The van der Waals surface area contributed by atoms with Crippen molar-refractivity contribution in [2.24, 2.45) is 0 Å². The number of amides is 1. The lowest BCUT2D eigenvalue weighted by Crippen LogP contribution is -2.46. The monoisotopic (exact) mass is 381 g/mol. The van der Waals surface area contributed by atoms with E-state index in [1.54, 1.807) is 12.1 Å². The van der Waals surface area contributed by atoms with Crippen molar-refractivity contribution < 1.29 is 13.2 Å². The van der Waals surface area contributed by atoms with Crippen LogP contribution in [0, 0.1) is 0 Å². The fourth-order valence-electron chi connectivity index (χ4n) is 3.17. The first-order valence-corrected chi connectivity index (χ1v) is 11.0. The molecule has 1 atom stereocenters. The van der Waals surface area contributed by atoms with Crippen LogP contribution >= 0.6 is 0 Å². The van der Waals surface area contributed by atoms with Crippen LogP contribution in [0.25, 0.3) is 0 Å². The Labute approximate surface area is 157 Å². The molecule has 0 aromatic heterocycles. The van der Waals surface area contributed by atoms with E-state index in [1.165, 1.54) is 12.1 Å². The average Bonchev–Trinajstić information content (AvgIpc) is 2.66. The summed E-state index contributed by atoms with van der Waals surface area (Å²) in [6.45, 7) is 8.40. The Bertz CT molecular complexity index is 682. The molecule has 6 nitrogen and oxygen atoms in total. The summed E-state index contributed by atoms with van der Waals surface area (Å²) >= 11 is 0. The average molecular weight is 382 g/mol. The Hall–Kier alpha value is -1.44. The number of carbonyl (C=O) groups is 1. The van der Waals surface area contributed by atoms with E-state index in [2.05, 4.69) is 17.0 Å². The Balaban J connectivity index is 2.15. The Morgan fingerprint density at radius 2 is 1.85 bits per heavy atom. The molecular formula is C19H31N3O3S. The maximum atomic E-state index is 13.0. The number of sulfonamides is 1. The number of carbonyl (C=O) groups excluding carboxylic acids is 1. The van der Waals surface area contributed by atoms with Crippen LogP contribution in [-0.2, 0) is 10.0 Å². The van der Waals surface area contributed by atoms with Gasteiger partial charge in [-0.1, -0.05) is 13.8 Å². The molecule has 2 N–H and O–H groups in total. The zero-order valence-corrected chi connectivity index (χ0v) is 16.8. The number of rotatable bonds is 8. The number of piperidine rings is 1. The van der Waals surface area contributed by atoms with Gasteiger partial charge in [0.15, 0.2) is 0 Å². The van der Waals surface area contributed by atoms with Crippen LogP contribution < -0.4 is 10.0 Å². The van der Waals surface area contributed by atoms with Crippen molar-refractivity contribution in [3.05, 3.63) is 29.8 Å². The molecule has 1 aliphatic heterocycles. The van der Waals surface area contributed by atoms with Gasteiger partial charge in [0.05, 0.1) is 4.90 Å². The predicted molar refractivity (Wildman–Crippen MR) is 104 cm³/mol. The molecular weight excluding hydrogens is 350 g/mol. The molecule has 1 unspecified atom stereocenters. The molecule has 2 rings (SSSR count). The van der Waals surface area contributed by atoms with Crippen molar-refractivity contribution in [1.29, 1.82) is 0 Å². The van der Waals surface area contributed by atoms with E-state index in [9.17, 15) is 13.2 Å². The fraction of sp³-hybridized carbons (Fsp3) is 0.632. The first kappa shape index (κ1) is 20.9. The van der Waals surface area contributed by atoms with Gasteiger partial charge in [-0.15, -0.1) is 0 Å². The highest BCUT2D eigenvalue weighted by atomic mass is 32.2. The molecule has 0 radical (unpaired) electrons. The normalized spacial score (nSPS) is 17.0. The molecule has 0 aliphatic carbocycles. The summed E-state index contributed by atoms with van der Waals surface area (Å²) in [4.78, 5) is 15.1. The van der Waals surface area contributed by atoms with Crippen molar-refractivity contribution in [3.63, 3.8) is 0 Å². The van der Waals surface area contributed by atoms with E-state index in [-0.39, 0.29) is 22.9 Å². The molecule has 0 bridgehead atoms. The zero-order valence-electron chi connectivity index (χ0n) is 16.0. The highest BCUT2D eigenvalue weighted by Crippen LogP contribution is 2.18. The summed E-state index contributed by atoms with van der Waals surface area (Å²) in [5.41, 5.74) is 0.541. The second kappa shape index (κ2) is 9.48. The van der Waals surface area contributed by atoms with Gasteiger partial charge in [-0.2, -0.15) is 0 Å². The lowest BCUT2D eigenvalue weighted by atomic mass is 10.0. The first-order chi connectivity index (χ1) is 12.4. The summed E-state index contributed by atoms with van der Waals surface area (Å²) in [7, 11) is -3.55. The van der Waals surface area contributed by atoms with Gasteiger partial charge in [0.1, 0.15) is 0 Å². The Kier molecular flexibility index (Phi) is 7.61. The molecule has 0 saturated carbocycles. The molecule has 7 heteroatoms. The summed E-state index contributed by atoms with van der Waals surface area (Å²) in [6.07, 6.45) is 3.53. The van der Waals surface area contributed by atoms with Crippen LogP contribution in [0.3, 0.4) is 0 Å². The van der Waals surface area contributed by atoms with Gasteiger partial charge in [0.25, 0.3) is 5.91 Å². The molecule has 26 heavy (non-hydrogen) atoms. The van der Waals surface area contributed by atoms with Gasteiger partial charge in [-0.3, -0.25) is 4.79 Å². The summed E-state index contributed by atoms with van der Waals surface area (Å²) < 4.78 is 27.3. The number of nitrogens with one attached hydrogen (secondary N) is 2. The Morgan fingerprint density at radius 3 is 2.38 bits per heavy atom. The zero-order chi connectivity index (χ0) is 19.2. The highest BCUT2D eigenvalue weighted by molar-refractivity contribution is 7.89. The maximum Gasteiger partial charge on any atom is 0.254 e. The van der Waals surface area contributed by atoms with Crippen molar-refractivity contribution >= 4 is 15.9 Å². The molecule has 1 aromatic carbocycles. The van der Waals surface area contributed by atoms with Crippen LogP contribution in [0.1, 0.15) is 56.8 Å². The van der Waals surface area contributed by atoms with Crippen LogP contribution in [0.4, 0.5) is 0 Å². The molecule has 0 spiro atoms. The molecule has 1 fully saturated rings. The van der Waals surface area contributed by atoms with Crippen LogP contribution in [0.2, 0.25) is 0 Å². The van der Waals surface area contributed by atoms with Crippen molar-refractivity contribution in [2.45, 2.75) is 63.4 Å². The van der Waals surface area contributed by atoms with Crippen molar-refractivity contribution in [2.75, 3.05) is 19.6 Å². The quantitative estimate of drug-likeness (QED) is 0.725. The van der Waals surface area contributed by atoms with Crippen LogP contribution in [0.15, 0.2) is 29.2 Å². The van der Waals surface area contributed by atoms with E-state index in [0.717, 1.165) is 45.3 Å². The van der Waals surface area contributed by atoms with E-state index >= 15 is 0 Å². The maximum absolute atomic E-state index is 13.0. The third kappa shape index (κ3) is 5.28. The van der Waals surface area contributed by atoms with E-state index in [4.69, 9.17) is 0 Å². The van der Waals surface area contributed by atoms with Crippen LogP contribution in [0.5, 0.6) is 0 Å². The second-order valence-electron chi connectivity index (χ2n) is 6.93. The molecule has 1 amide bonds. The third-order valence-electron chi connectivity index (χ3n) is 4.86. The van der Waals surface area contributed by atoms with Crippen LogP contribution in [-0.4, -0.2) is 50.9 Å². The number of nitrogens with zero attached hydrogens (tertiary/aromatic N) is 1. The number of hydrogen-bond acceptors (Lipinski definition) is 4. The minimum atomic E-state index is -3.55. The van der Waals surface area contributed by atoms with Gasteiger partial charge in [-0.05, 0) is 70.0 Å². The highest BCUT2D eigenvalue weighted by Gasteiger charge is 2.26. The predicted octanol–water partition coefficient (Wildman–Crippen LogP) is 2.37. The minimum absolute atomic E-state index is 0.0161.